The molecule has 0 unspecified atom stereocenters. The van der Waals surface area contributed by atoms with E-state index in [1.807, 2.05) is 12.1 Å². The third kappa shape index (κ3) is 1.13. The van der Waals surface area contributed by atoms with Crippen LogP contribution in [-0.2, 0) is 6.54 Å². The van der Waals surface area contributed by atoms with Crippen LogP contribution in [0.1, 0.15) is 5.69 Å². The highest BCUT2D eigenvalue weighted by atomic mass is 32.1. The van der Waals surface area contributed by atoms with Crippen molar-refractivity contribution in [2.24, 2.45) is 5.73 Å². The molecule has 0 aliphatic carbocycles. The van der Waals surface area contributed by atoms with Crippen molar-refractivity contribution in [2.75, 3.05) is 0 Å². The molecule has 0 spiro atoms. The SMILES string of the molecule is NCc1ccc2[nH]c(=S)oc2n1. The Morgan fingerprint density at radius 2 is 2.42 bits per heavy atom. The number of hydrogen-bond donors (Lipinski definition) is 2. The highest BCUT2D eigenvalue weighted by molar-refractivity contribution is 7.71. The molecule has 12 heavy (non-hydrogen) atoms. The van der Waals surface area contributed by atoms with Crippen molar-refractivity contribution in [3.63, 3.8) is 0 Å². The van der Waals surface area contributed by atoms with Crippen LogP contribution in [0.4, 0.5) is 0 Å². The molecule has 0 aliphatic heterocycles. The molecule has 0 amide bonds. The van der Waals surface area contributed by atoms with Gasteiger partial charge in [0.15, 0.2) is 0 Å². The third-order valence-corrected chi connectivity index (χ3v) is 1.74. The Morgan fingerprint density at radius 3 is 3.17 bits per heavy atom. The zero-order valence-corrected chi connectivity index (χ0v) is 7.02. The van der Waals surface area contributed by atoms with Crippen molar-refractivity contribution >= 4 is 23.4 Å². The maximum Gasteiger partial charge on any atom is 0.268 e. The normalized spacial score (nSPS) is 10.8. The number of H-pyrrole nitrogens is 1. The van der Waals surface area contributed by atoms with Gasteiger partial charge >= 0.3 is 0 Å². The molecule has 62 valence electrons. The number of rotatable bonds is 1. The summed E-state index contributed by atoms with van der Waals surface area (Å²) in [4.78, 5) is 7.32. The fourth-order valence-corrected chi connectivity index (χ4v) is 1.18. The standard InChI is InChI=1S/C7H7N3OS/c8-3-4-1-2-5-6(9-4)11-7(12)10-5/h1-2H,3,8H2,(H,10,12). The number of aromatic nitrogens is 2. The number of oxazole rings is 1. The fourth-order valence-electron chi connectivity index (χ4n) is 0.989. The van der Waals surface area contributed by atoms with Crippen molar-refractivity contribution in [1.29, 1.82) is 0 Å². The minimum absolute atomic E-state index is 0.340. The Kier molecular flexibility index (Phi) is 1.67. The Hall–Kier alpha value is -1.20. The molecule has 0 aromatic carbocycles. The Balaban J connectivity index is 2.74. The molecule has 2 rings (SSSR count). The van der Waals surface area contributed by atoms with E-state index in [0.717, 1.165) is 11.2 Å². The molecule has 3 N–H and O–H groups in total. The maximum atomic E-state index is 5.41. The molecule has 2 heterocycles. The molecule has 2 aromatic heterocycles. The molecular formula is C7H7N3OS. The van der Waals surface area contributed by atoms with Gasteiger partial charge in [-0.05, 0) is 24.4 Å². The average molecular weight is 181 g/mol. The molecule has 4 nitrogen and oxygen atoms in total. The van der Waals surface area contributed by atoms with Gasteiger partial charge in [0.25, 0.3) is 4.84 Å². The van der Waals surface area contributed by atoms with E-state index >= 15 is 0 Å². The quantitative estimate of drug-likeness (QED) is 0.651. The predicted octanol–water partition coefficient (Wildman–Crippen LogP) is 1.34. The van der Waals surface area contributed by atoms with Gasteiger partial charge in [-0.1, -0.05) is 0 Å². The van der Waals surface area contributed by atoms with Gasteiger partial charge in [-0.25, -0.2) is 4.98 Å². The van der Waals surface area contributed by atoms with Crippen LogP contribution in [0.25, 0.3) is 11.2 Å². The molecule has 0 saturated heterocycles. The van der Waals surface area contributed by atoms with E-state index in [2.05, 4.69) is 9.97 Å². The van der Waals surface area contributed by atoms with Crippen LogP contribution in [0.5, 0.6) is 0 Å². The summed E-state index contributed by atoms with van der Waals surface area (Å²) in [5.74, 6) is 0. The smallest absolute Gasteiger partial charge is 0.268 e. The summed E-state index contributed by atoms with van der Waals surface area (Å²) < 4.78 is 5.10. The summed E-state index contributed by atoms with van der Waals surface area (Å²) in [7, 11) is 0. The first-order valence-electron chi connectivity index (χ1n) is 3.48. The van der Waals surface area contributed by atoms with Crippen LogP contribution >= 0.6 is 12.2 Å². The Bertz CT molecular complexity index is 459. The van der Waals surface area contributed by atoms with E-state index in [1.54, 1.807) is 0 Å². The van der Waals surface area contributed by atoms with Gasteiger partial charge in [-0.3, -0.25) is 0 Å². The minimum atomic E-state index is 0.340. The summed E-state index contributed by atoms with van der Waals surface area (Å²) >= 11 is 4.80. The number of hydrogen-bond acceptors (Lipinski definition) is 4. The van der Waals surface area contributed by atoms with Crippen molar-refractivity contribution in [3.8, 4) is 0 Å². The number of pyridine rings is 1. The maximum absolute atomic E-state index is 5.41. The lowest BCUT2D eigenvalue weighted by molar-refractivity contribution is 0.571. The first kappa shape index (κ1) is 7.45. The second-order valence-corrected chi connectivity index (χ2v) is 2.74. The highest BCUT2D eigenvalue weighted by Gasteiger charge is 2.00. The Morgan fingerprint density at radius 1 is 1.58 bits per heavy atom. The van der Waals surface area contributed by atoms with Gasteiger partial charge < -0.3 is 15.1 Å². The van der Waals surface area contributed by atoms with E-state index in [9.17, 15) is 0 Å². The molecule has 0 radical (unpaired) electrons. The van der Waals surface area contributed by atoms with Gasteiger partial charge in [-0.2, -0.15) is 0 Å². The van der Waals surface area contributed by atoms with Crippen LogP contribution in [0.2, 0.25) is 0 Å². The topological polar surface area (TPSA) is 67.8 Å². The molecule has 0 fully saturated rings. The van der Waals surface area contributed by atoms with Crippen molar-refractivity contribution in [2.45, 2.75) is 6.54 Å². The summed E-state index contributed by atoms with van der Waals surface area (Å²) in [6.45, 7) is 0.406. The van der Waals surface area contributed by atoms with Crippen LogP contribution in [0.3, 0.4) is 0 Å². The van der Waals surface area contributed by atoms with E-state index in [4.69, 9.17) is 22.4 Å². The number of fused-ring (bicyclic) bond motifs is 1. The predicted molar refractivity (Wildman–Crippen MR) is 47.1 cm³/mol. The Labute approximate surface area is 73.4 Å². The number of aromatic amines is 1. The van der Waals surface area contributed by atoms with Crippen molar-refractivity contribution in [1.82, 2.24) is 9.97 Å². The fraction of sp³-hybridized carbons (Fsp3) is 0.143. The van der Waals surface area contributed by atoms with Crippen LogP contribution in [0.15, 0.2) is 16.5 Å². The summed E-state index contributed by atoms with van der Waals surface area (Å²) in [5.41, 5.74) is 7.52. The molecule has 0 saturated carbocycles. The van der Waals surface area contributed by atoms with Gasteiger partial charge in [-0.15, -0.1) is 0 Å². The van der Waals surface area contributed by atoms with E-state index < -0.39 is 0 Å². The lowest BCUT2D eigenvalue weighted by Gasteiger charge is -1.92. The first-order chi connectivity index (χ1) is 5.79. The average Bonchev–Trinajstić information content (AvgIpc) is 2.43. The van der Waals surface area contributed by atoms with E-state index in [1.165, 1.54) is 0 Å². The van der Waals surface area contributed by atoms with Crippen LogP contribution in [0, 0.1) is 4.84 Å². The molecular weight excluding hydrogens is 174 g/mol. The largest absolute Gasteiger partial charge is 0.410 e. The number of nitrogens with zero attached hydrogens (tertiary/aromatic N) is 1. The summed E-state index contributed by atoms with van der Waals surface area (Å²) in [5, 5.41) is 0. The first-order valence-corrected chi connectivity index (χ1v) is 3.89. The summed E-state index contributed by atoms with van der Waals surface area (Å²) in [6, 6.07) is 3.69. The van der Waals surface area contributed by atoms with E-state index in [-0.39, 0.29) is 0 Å². The monoisotopic (exact) mass is 181 g/mol. The highest BCUT2D eigenvalue weighted by Crippen LogP contribution is 2.10. The molecule has 0 bridgehead atoms. The van der Waals surface area contributed by atoms with Crippen molar-refractivity contribution in [3.05, 3.63) is 22.7 Å². The number of nitrogens with two attached hydrogens (primary N) is 1. The second-order valence-electron chi connectivity index (χ2n) is 2.37. The van der Waals surface area contributed by atoms with Gasteiger partial charge in [0.05, 0.1) is 5.69 Å². The molecule has 2 aromatic rings. The van der Waals surface area contributed by atoms with Crippen LogP contribution < -0.4 is 5.73 Å². The lowest BCUT2D eigenvalue weighted by atomic mass is 10.3. The molecule has 0 atom stereocenters. The van der Waals surface area contributed by atoms with Gasteiger partial charge in [0.1, 0.15) is 5.52 Å². The van der Waals surface area contributed by atoms with Crippen molar-refractivity contribution < 1.29 is 4.42 Å². The second kappa shape index (κ2) is 2.69. The van der Waals surface area contributed by atoms with Gasteiger partial charge in [0.2, 0.25) is 5.71 Å². The third-order valence-electron chi connectivity index (χ3n) is 1.55. The molecule has 5 heteroatoms. The molecule has 0 aliphatic rings. The van der Waals surface area contributed by atoms with E-state index in [0.29, 0.717) is 17.1 Å². The lowest BCUT2D eigenvalue weighted by Crippen LogP contribution is -1.98. The summed E-state index contributed by atoms with van der Waals surface area (Å²) in [6.07, 6.45) is 0. The van der Waals surface area contributed by atoms with Gasteiger partial charge in [0, 0.05) is 6.54 Å². The number of nitrogens with one attached hydrogen (secondary N) is 1. The zero-order valence-electron chi connectivity index (χ0n) is 6.20. The minimum Gasteiger partial charge on any atom is -0.410 e. The zero-order chi connectivity index (χ0) is 8.55. The van der Waals surface area contributed by atoms with Crippen LogP contribution in [-0.4, -0.2) is 9.97 Å².